The molecule has 20 heavy (non-hydrogen) atoms. The van der Waals surface area contributed by atoms with Crippen LogP contribution in [-0.2, 0) is 0 Å². The number of amides is 1. The molecule has 0 aliphatic carbocycles. The zero-order valence-electron chi connectivity index (χ0n) is 10.8. The van der Waals surface area contributed by atoms with E-state index in [9.17, 15) is 9.59 Å². The smallest absolute Gasteiger partial charge is 0.331 e. The van der Waals surface area contributed by atoms with Crippen molar-refractivity contribution in [2.75, 3.05) is 7.05 Å². The Bertz CT molecular complexity index is 830. The van der Waals surface area contributed by atoms with E-state index >= 15 is 0 Å². The number of nitrogens with one attached hydrogen (secondary N) is 2. The van der Waals surface area contributed by atoms with Gasteiger partial charge in [0.1, 0.15) is 5.69 Å². The number of benzene rings is 1. The molecule has 6 heteroatoms. The molecule has 100 valence electrons. The van der Waals surface area contributed by atoms with E-state index < -0.39 is 0 Å². The molecule has 0 aliphatic heterocycles. The second-order valence-electron chi connectivity index (χ2n) is 4.26. The van der Waals surface area contributed by atoms with Crippen molar-refractivity contribution in [3.63, 3.8) is 0 Å². The van der Waals surface area contributed by atoms with Gasteiger partial charge in [-0.15, -0.1) is 0 Å². The summed E-state index contributed by atoms with van der Waals surface area (Å²) in [6.07, 6.45) is 1.51. The molecule has 0 unspecified atom stereocenters. The zero-order valence-corrected chi connectivity index (χ0v) is 10.8. The lowest BCUT2D eigenvalue weighted by atomic mass is 10.3. The predicted octanol–water partition coefficient (Wildman–Crippen LogP) is 1.07. The molecule has 3 rings (SSSR count). The van der Waals surface area contributed by atoms with Crippen LogP contribution in [0.5, 0.6) is 0 Å². The number of pyridine rings is 1. The summed E-state index contributed by atoms with van der Waals surface area (Å²) in [5, 5.41) is 2.50. The van der Waals surface area contributed by atoms with Crippen LogP contribution >= 0.6 is 0 Å². The van der Waals surface area contributed by atoms with Crippen LogP contribution in [0.15, 0.2) is 47.4 Å². The van der Waals surface area contributed by atoms with Crippen LogP contribution in [0.1, 0.15) is 10.5 Å². The number of hydrogen-bond acceptors (Lipinski definition) is 3. The number of carbonyl (C=O) groups excluding carboxylic acids is 1. The predicted molar refractivity (Wildman–Crippen MR) is 75.1 cm³/mol. The topological polar surface area (TPSA) is 79.8 Å². The van der Waals surface area contributed by atoms with Crippen molar-refractivity contribution in [2.45, 2.75) is 0 Å². The Hall–Kier alpha value is -2.89. The summed E-state index contributed by atoms with van der Waals surface area (Å²) in [4.78, 5) is 30.3. The highest BCUT2D eigenvalue weighted by Gasteiger charge is 2.10. The van der Waals surface area contributed by atoms with Gasteiger partial charge in [-0.25, -0.2) is 9.78 Å². The van der Waals surface area contributed by atoms with Crippen molar-refractivity contribution < 1.29 is 4.79 Å². The average molecular weight is 268 g/mol. The minimum atomic E-state index is -0.261. The summed E-state index contributed by atoms with van der Waals surface area (Å²) in [6.45, 7) is 0. The quantitative estimate of drug-likeness (QED) is 0.729. The van der Waals surface area contributed by atoms with Gasteiger partial charge in [0.15, 0.2) is 0 Å². The monoisotopic (exact) mass is 268 g/mol. The van der Waals surface area contributed by atoms with E-state index in [0.717, 1.165) is 11.0 Å². The molecular formula is C14H12N4O2. The fourth-order valence-electron chi connectivity index (χ4n) is 2.09. The van der Waals surface area contributed by atoms with Gasteiger partial charge in [0.2, 0.25) is 0 Å². The highest BCUT2D eigenvalue weighted by Crippen LogP contribution is 2.14. The minimum Gasteiger partial charge on any atom is -0.354 e. The maximum atomic E-state index is 12.0. The lowest BCUT2D eigenvalue weighted by Crippen LogP contribution is -2.20. The zero-order chi connectivity index (χ0) is 14.1. The first-order valence-corrected chi connectivity index (χ1v) is 6.09. The summed E-state index contributed by atoms with van der Waals surface area (Å²) < 4.78 is 1.52. The lowest BCUT2D eigenvalue weighted by Gasteiger charge is -2.04. The van der Waals surface area contributed by atoms with Gasteiger partial charge in [0.05, 0.1) is 22.9 Å². The van der Waals surface area contributed by atoms with Crippen molar-refractivity contribution in [1.82, 2.24) is 19.9 Å². The Morgan fingerprint density at radius 3 is 2.75 bits per heavy atom. The Labute approximate surface area is 114 Å². The molecule has 0 aliphatic rings. The number of fused-ring (bicyclic) bond motifs is 1. The summed E-state index contributed by atoms with van der Waals surface area (Å²) in [7, 11) is 1.54. The highest BCUT2D eigenvalue weighted by molar-refractivity contribution is 5.92. The van der Waals surface area contributed by atoms with E-state index in [1.54, 1.807) is 19.2 Å². The average Bonchev–Trinajstić information content (AvgIpc) is 2.82. The number of imidazole rings is 1. The summed E-state index contributed by atoms with van der Waals surface area (Å²) >= 11 is 0. The molecule has 0 spiro atoms. The number of para-hydroxylation sites is 2. The normalized spacial score (nSPS) is 10.7. The van der Waals surface area contributed by atoms with Crippen molar-refractivity contribution in [2.24, 2.45) is 0 Å². The van der Waals surface area contributed by atoms with Crippen molar-refractivity contribution in [3.05, 3.63) is 58.8 Å². The fraction of sp³-hybridized carbons (Fsp3) is 0.0714. The molecule has 1 amide bonds. The molecule has 2 N–H and O–H groups in total. The second kappa shape index (κ2) is 4.65. The van der Waals surface area contributed by atoms with Gasteiger partial charge in [-0.2, -0.15) is 0 Å². The number of nitrogens with zero attached hydrogens (tertiary/aromatic N) is 2. The molecule has 2 aromatic heterocycles. The lowest BCUT2D eigenvalue weighted by molar-refractivity contribution is 0.0958. The molecular weight excluding hydrogens is 256 g/mol. The molecule has 6 nitrogen and oxygen atoms in total. The van der Waals surface area contributed by atoms with Crippen LogP contribution in [0.25, 0.3) is 16.7 Å². The van der Waals surface area contributed by atoms with Gasteiger partial charge in [-0.3, -0.25) is 9.36 Å². The van der Waals surface area contributed by atoms with Crippen LogP contribution in [0.4, 0.5) is 0 Å². The molecule has 3 aromatic rings. The van der Waals surface area contributed by atoms with Crippen LogP contribution in [0.3, 0.4) is 0 Å². The fourth-order valence-corrected chi connectivity index (χ4v) is 2.09. The van der Waals surface area contributed by atoms with Gasteiger partial charge in [-0.1, -0.05) is 12.1 Å². The third-order valence-electron chi connectivity index (χ3n) is 3.06. The standard InChI is InChI=1S/C14H12N4O2/c1-15-13(19)11-7-6-9(8-16-11)18-12-5-3-2-4-10(12)17-14(18)20/h2-8H,1H3,(H,15,19)(H,17,20). The first-order valence-electron chi connectivity index (χ1n) is 6.09. The Balaban J connectivity index is 2.14. The summed E-state index contributed by atoms with van der Waals surface area (Å²) in [6, 6.07) is 10.7. The number of carbonyl (C=O) groups is 1. The van der Waals surface area contributed by atoms with E-state index in [1.165, 1.54) is 10.8 Å². The van der Waals surface area contributed by atoms with Gasteiger partial charge < -0.3 is 10.3 Å². The number of aromatic nitrogens is 3. The van der Waals surface area contributed by atoms with E-state index in [0.29, 0.717) is 11.4 Å². The van der Waals surface area contributed by atoms with E-state index in [2.05, 4.69) is 15.3 Å². The molecule has 0 saturated heterocycles. The molecule has 1 aromatic carbocycles. The van der Waals surface area contributed by atoms with Crippen molar-refractivity contribution in [3.8, 4) is 5.69 Å². The van der Waals surface area contributed by atoms with Gasteiger partial charge in [0, 0.05) is 7.05 Å². The third-order valence-corrected chi connectivity index (χ3v) is 3.06. The van der Waals surface area contributed by atoms with Crippen LogP contribution in [0.2, 0.25) is 0 Å². The van der Waals surface area contributed by atoms with Crippen molar-refractivity contribution in [1.29, 1.82) is 0 Å². The maximum absolute atomic E-state index is 12.0. The van der Waals surface area contributed by atoms with Crippen molar-refractivity contribution >= 4 is 16.9 Å². The molecule has 0 bridgehead atoms. The Morgan fingerprint density at radius 2 is 2.05 bits per heavy atom. The van der Waals surface area contributed by atoms with E-state index in [4.69, 9.17) is 0 Å². The number of rotatable bonds is 2. The van der Waals surface area contributed by atoms with Gasteiger partial charge in [-0.05, 0) is 24.3 Å². The highest BCUT2D eigenvalue weighted by atomic mass is 16.2. The molecule has 0 saturated carbocycles. The summed E-state index contributed by atoms with van der Waals surface area (Å²) in [5.41, 5.74) is 2.21. The molecule has 2 heterocycles. The number of aromatic amines is 1. The maximum Gasteiger partial charge on any atom is 0.331 e. The largest absolute Gasteiger partial charge is 0.354 e. The first kappa shape index (κ1) is 12.2. The molecule has 0 fully saturated rings. The second-order valence-corrected chi connectivity index (χ2v) is 4.26. The van der Waals surface area contributed by atoms with Crippen LogP contribution in [0, 0.1) is 0 Å². The Morgan fingerprint density at radius 1 is 1.25 bits per heavy atom. The van der Waals surface area contributed by atoms with Crippen LogP contribution in [-0.4, -0.2) is 27.5 Å². The van der Waals surface area contributed by atoms with Gasteiger partial charge in [0.25, 0.3) is 5.91 Å². The Kier molecular flexibility index (Phi) is 2.83. The van der Waals surface area contributed by atoms with E-state index in [-0.39, 0.29) is 11.6 Å². The SMILES string of the molecule is CNC(=O)c1ccc(-n2c(=O)[nH]c3ccccc32)cn1. The number of H-pyrrole nitrogens is 1. The first-order chi connectivity index (χ1) is 9.70. The molecule has 0 atom stereocenters. The minimum absolute atomic E-state index is 0.235. The van der Waals surface area contributed by atoms with Gasteiger partial charge >= 0.3 is 5.69 Å². The number of hydrogen-bond donors (Lipinski definition) is 2. The van der Waals surface area contributed by atoms with E-state index in [1.807, 2.05) is 24.3 Å². The molecule has 0 radical (unpaired) electrons. The third kappa shape index (κ3) is 1.87. The summed E-state index contributed by atoms with van der Waals surface area (Å²) in [5.74, 6) is -0.261. The van der Waals surface area contributed by atoms with Crippen LogP contribution < -0.4 is 11.0 Å².